The predicted molar refractivity (Wildman–Crippen MR) is 101 cm³/mol. The van der Waals surface area contributed by atoms with E-state index in [1.54, 1.807) is 0 Å². The van der Waals surface area contributed by atoms with Crippen LogP contribution in [0.25, 0.3) is 17.0 Å². The average Bonchev–Trinajstić information content (AvgIpc) is 2.64. The van der Waals surface area contributed by atoms with E-state index in [1.807, 2.05) is 36.4 Å². The number of allylic oxidation sites excluding steroid dienone is 1. The summed E-state index contributed by atoms with van der Waals surface area (Å²) in [5.41, 5.74) is 3.12. The normalized spacial score (nSPS) is 11.2. The predicted octanol–water partition coefficient (Wildman–Crippen LogP) is 6.02. The largest absolute Gasteiger partial charge is 0.487 e. The van der Waals surface area contributed by atoms with Crippen LogP contribution in [0.5, 0.6) is 5.75 Å². The van der Waals surface area contributed by atoms with E-state index in [0.717, 1.165) is 28.8 Å². The standard InChI is InChI=1S/C22H23NO/c1-2-3-4-5-9-18-10-8-12-21(16-18)24-17-20-15-14-19-11-6-7-13-22(19)23-20/h5-16H,2-4,17H2,1H3/b9-5-. The molecule has 0 aliphatic heterocycles. The summed E-state index contributed by atoms with van der Waals surface area (Å²) in [6.07, 6.45) is 7.99. The van der Waals surface area contributed by atoms with Gasteiger partial charge in [-0.3, -0.25) is 0 Å². The molecule has 0 saturated heterocycles. The lowest BCUT2D eigenvalue weighted by Gasteiger charge is -2.07. The maximum absolute atomic E-state index is 5.91. The lowest BCUT2D eigenvalue weighted by molar-refractivity contribution is 0.302. The average molecular weight is 317 g/mol. The molecular formula is C22H23NO. The molecule has 3 rings (SSSR count). The van der Waals surface area contributed by atoms with Gasteiger partial charge in [-0.15, -0.1) is 0 Å². The molecule has 2 aromatic carbocycles. The van der Waals surface area contributed by atoms with Gasteiger partial charge in [0.25, 0.3) is 0 Å². The topological polar surface area (TPSA) is 22.1 Å². The highest BCUT2D eigenvalue weighted by molar-refractivity contribution is 5.78. The Kier molecular flexibility index (Phi) is 5.62. The zero-order valence-corrected chi connectivity index (χ0v) is 14.1. The van der Waals surface area contributed by atoms with Crippen molar-refractivity contribution in [1.82, 2.24) is 4.98 Å². The molecule has 3 aromatic rings. The number of unbranched alkanes of at least 4 members (excludes halogenated alkanes) is 2. The van der Waals surface area contributed by atoms with Crippen molar-refractivity contribution in [2.24, 2.45) is 0 Å². The second kappa shape index (κ2) is 8.30. The zero-order valence-electron chi connectivity index (χ0n) is 14.1. The molecule has 0 fully saturated rings. The number of ether oxygens (including phenoxy) is 1. The van der Waals surface area contributed by atoms with Crippen molar-refractivity contribution in [3.05, 3.63) is 78.0 Å². The third kappa shape index (κ3) is 4.45. The van der Waals surface area contributed by atoms with Crippen LogP contribution in [0.2, 0.25) is 0 Å². The highest BCUT2D eigenvalue weighted by atomic mass is 16.5. The second-order valence-electron chi connectivity index (χ2n) is 5.90. The molecule has 0 N–H and O–H groups in total. The molecule has 0 radical (unpaired) electrons. The molecule has 0 atom stereocenters. The van der Waals surface area contributed by atoms with Crippen LogP contribution in [0, 0.1) is 0 Å². The highest BCUT2D eigenvalue weighted by Gasteiger charge is 2.00. The Bertz CT molecular complexity index is 823. The molecule has 0 aliphatic rings. The SMILES string of the molecule is CCCC/C=C\c1cccc(OCc2ccc3ccccc3n2)c1. The summed E-state index contributed by atoms with van der Waals surface area (Å²) in [4.78, 5) is 4.64. The van der Waals surface area contributed by atoms with E-state index in [4.69, 9.17) is 4.74 Å². The van der Waals surface area contributed by atoms with Gasteiger partial charge in [0.1, 0.15) is 12.4 Å². The van der Waals surface area contributed by atoms with Crippen LogP contribution in [-0.2, 0) is 6.61 Å². The van der Waals surface area contributed by atoms with Crippen molar-refractivity contribution in [1.29, 1.82) is 0 Å². The van der Waals surface area contributed by atoms with Gasteiger partial charge < -0.3 is 4.74 Å². The van der Waals surface area contributed by atoms with Crippen molar-refractivity contribution in [3.8, 4) is 5.75 Å². The smallest absolute Gasteiger partial charge is 0.130 e. The third-order valence-corrected chi connectivity index (χ3v) is 3.94. The molecule has 0 aliphatic carbocycles. The van der Waals surface area contributed by atoms with E-state index in [0.29, 0.717) is 6.61 Å². The summed E-state index contributed by atoms with van der Waals surface area (Å²) in [7, 11) is 0. The van der Waals surface area contributed by atoms with E-state index in [2.05, 4.69) is 48.3 Å². The molecule has 2 nitrogen and oxygen atoms in total. The second-order valence-corrected chi connectivity index (χ2v) is 5.90. The van der Waals surface area contributed by atoms with Gasteiger partial charge in [-0.05, 0) is 36.2 Å². The van der Waals surface area contributed by atoms with Gasteiger partial charge in [0.15, 0.2) is 0 Å². The summed E-state index contributed by atoms with van der Waals surface area (Å²) in [5, 5.41) is 1.15. The first-order chi connectivity index (χ1) is 11.8. The number of fused-ring (bicyclic) bond motifs is 1. The minimum Gasteiger partial charge on any atom is -0.487 e. The number of aromatic nitrogens is 1. The first-order valence-electron chi connectivity index (χ1n) is 8.59. The molecule has 0 bridgehead atoms. The van der Waals surface area contributed by atoms with E-state index < -0.39 is 0 Å². The molecule has 0 spiro atoms. The van der Waals surface area contributed by atoms with Gasteiger partial charge in [0, 0.05) is 5.39 Å². The van der Waals surface area contributed by atoms with Crippen LogP contribution in [0.1, 0.15) is 37.4 Å². The lowest BCUT2D eigenvalue weighted by Crippen LogP contribution is -1.98. The Morgan fingerprint density at radius 2 is 1.92 bits per heavy atom. The number of nitrogens with zero attached hydrogens (tertiary/aromatic N) is 1. The van der Waals surface area contributed by atoms with Gasteiger partial charge in [-0.2, -0.15) is 0 Å². The van der Waals surface area contributed by atoms with E-state index >= 15 is 0 Å². The van der Waals surface area contributed by atoms with E-state index in [9.17, 15) is 0 Å². The van der Waals surface area contributed by atoms with Crippen molar-refractivity contribution in [3.63, 3.8) is 0 Å². The fraction of sp³-hybridized carbons (Fsp3) is 0.227. The third-order valence-electron chi connectivity index (χ3n) is 3.94. The monoisotopic (exact) mass is 317 g/mol. The number of hydrogen-bond donors (Lipinski definition) is 0. The van der Waals surface area contributed by atoms with Crippen molar-refractivity contribution in [2.75, 3.05) is 0 Å². The molecule has 1 heterocycles. The molecule has 0 unspecified atom stereocenters. The fourth-order valence-corrected chi connectivity index (χ4v) is 2.60. The first kappa shape index (κ1) is 16.3. The molecule has 2 heteroatoms. The number of para-hydroxylation sites is 1. The van der Waals surface area contributed by atoms with E-state index in [1.165, 1.54) is 18.4 Å². The number of benzene rings is 2. The summed E-state index contributed by atoms with van der Waals surface area (Å²) in [5.74, 6) is 0.877. The van der Waals surface area contributed by atoms with Crippen molar-refractivity contribution >= 4 is 17.0 Å². The molecule has 122 valence electrons. The molecule has 0 saturated carbocycles. The summed E-state index contributed by atoms with van der Waals surface area (Å²) in [6, 6.07) is 20.4. The van der Waals surface area contributed by atoms with Gasteiger partial charge >= 0.3 is 0 Å². The molecule has 0 amide bonds. The Morgan fingerprint density at radius 3 is 2.83 bits per heavy atom. The zero-order chi connectivity index (χ0) is 16.6. The first-order valence-corrected chi connectivity index (χ1v) is 8.59. The lowest BCUT2D eigenvalue weighted by atomic mass is 10.1. The minimum absolute atomic E-state index is 0.480. The summed E-state index contributed by atoms with van der Waals surface area (Å²) < 4.78 is 5.91. The van der Waals surface area contributed by atoms with E-state index in [-0.39, 0.29) is 0 Å². The fourth-order valence-electron chi connectivity index (χ4n) is 2.60. The van der Waals surface area contributed by atoms with Crippen LogP contribution in [0.3, 0.4) is 0 Å². The molecular weight excluding hydrogens is 294 g/mol. The van der Waals surface area contributed by atoms with Gasteiger partial charge in [-0.1, -0.05) is 68.3 Å². The van der Waals surface area contributed by atoms with Crippen LogP contribution in [0.4, 0.5) is 0 Å². The van der Waals surface area contributed by atoms with Gasteiger partial charge in [-0.25, -0.2) is 4.98 Å². The van der Waals surface area contributed by atoms with Crippen LogP contribution < -0.4 is 4.74 Å². The Hall–Kier alpha value is -2.61. The number of hydrogen-bond acceptors (Lipinski definition) is 2. The minimum atomic E-state index is 0.480. The van der Waals surface area contributed by atoms with Gasteiger partial charge in [0.05, 0.1) is 11.2 Å². The Morgan fingerprint density at radius 1 is 1.00 bits per heavy atom. The van der Waals surface area contributed by atoms with Crippen molar-refractivity contribution in [2.45, 2.75) is 32.8 Å². The number of rotatable bonds is 7. The van der Waals surface area contributed by atoms with Crippen LogP contribution in [0.15, 0.2) is 66.7 Å². The Labute approximate surface area is 143 Å². The van der Waals surface area contributed by atoms with Crippen LogP contribution >= 0.6 is 0 Å². The molecule has 24 heavy (non-hydrogen) atoms. The Balaban J connectivity index is 1.64. The summed E-state index contributed by atoms with van der Waals surface area (Å²) >= 11 is 0. The highest BCUT2D eigenvalue weighted by Crippen LogP contribution is 2.17. The summed E-state index contributed by atoms with van der Waals surface area (Å²) in [6.45, 7) is 2.69. The van der Waals surface area contributed by atoms with Crippen molar-refractivity contribution < 1.29 is 4.74 Å². The maximum atomic E-state index is 5.91. The quantitative estimate of drug-likeness (QED) is 0.497. The number of pyridine rings is 1. The van der Waals surface area contributed by atoms with Crippen LogP contribution in [-0.4, -0.2) is 4.98 Å². The maximum Gasteiger partial charge on any atom is 0.130 e. The van der Waals surface area contributed by atoms with Gasteiger partial charge in [0.2, 0.25) is 0 Å². The molecule has 1 aromatic heterocycles.